The van der Waals surface area contributed by atoms with Gasteiger partial charge in [-0.05, 0) is 42.0 Å². The van der Waals surface area contributed by atoms with Crippen molar-refractivity contribution in [2.45, 2.75) is 6.42 Å². The Morgan fingerprint density at radius 2 is 1.72 bits per heavy atom. The molecular weight excluding hydrogens is 436 g/mol. The third-order valence-electron chi connectivity index (χ3n) is 4.18. The zero-order valence-electron chi connectivity index (χ0n) is 15.8. The molecule has 5 nitrogen and oxygen atoms in total. The maximum absolute atomic E-state index is 12.8. The van der Waals surface area contributed by atoms with Crippen molar-refractivity contribution in [3.63, 3.8) is 0 Å². The molecule has 0 saturated heterocycles. The molecule has 0 aliphatic carbocycles. The van der Waals surface area contributed by atoms with Crippen LogP contribution in [-0.4, -0.2) is 26.0 Å². The van der Waals surface area contributed by atoms with Gasteiger partial charge in [-0.15, -0.1) is 0 Å². The van der Waals surface area contributed by atoms with Gasteiger partial charge in [-0.3, -0.25) is 4.79 Å². The topological polar surface area (TPSA) is 61.8 Å². The zero-order chi connectivity index (χ0) is 20.6. The third-order valence-corrected chi connectivity index (χ3v) is 4.67. The van der Waals surface area contributed by atoms with Crippen LogP contribution in [0.3, 0.4) is 0 Å². The molecule has 0 unspecified atom stereocenters. The van der Waals surface area contributed by atoms with Gasteiger partial charge >= 0.3 is 5.97 Å². The van der Waals surface area contributed by atoms with Gasteiger partial charge in [0.1, 0.15) is 17.6 Å². The SMILES string of the molecule is COc1cc(C=O)ccc1OC(=O)c1cc(Br)ccc1OCCc1ccccc1. The number of hydrogen-bond acceptors (Lipinski definition) is 5. The van der Waals surface area contributed by atoms with E-state index in [1.165, 1.54) is 19.2 Å². The van der Waals surface area contributed by atoms with E-state index in [1.54, 1.807) is 24.3 Å². The van der Waals surface area contributed by atoms with E-state index in [9.17, 15) is 9.59 Å². The molecule has 6 heteroatoms. The predicted molar refractivity (Wildman–Crippen MR) is 113 cm³/mol. The van der Waals surface area contributed by atoms with Crippen LogP contribution in [0.5, 0.6) is 17.2 Å². The molecule has 0 heterocycles. The highest BCUT2D eigenvalue weighted by Crippen LogP contribution is 2.30. The summed E-state index contributed by atoms with van der Waals surface area (Å²) in [5.74, 6) is 0.360. The first-order chi connectivity index (χ1) is 14.1. The average Bonchev–Trinajstić information content (AvgIpc) is 2.75. The van der Waals surface area contributed by atoms with Gasteiger partial charge in [0.25, 0.3) is 0 Å². The molecule has 0 radical (unpaired) electrons. The summed E-state index contributed by atoms with van der Waals surface area (Å²) in [6.45, 7) is 0.420. The summed E-state index contributed by atoms with van der Waals surface area (Å²) >= 11 is 3.38. The number of benzene rings is 3. The number of methoxy groups -OCH3 is 1. The number of halogens is 1. The van der Waals surface area contributed by atoms with Crippen LogP contribution in [0, 0.1) is 0 Å². The lowest BCUT2D eigenvalue weighted by Crippen LogP contribution is -2.12. The minimum Gasteiger partial charge on any atom is -0.493 e. The van der Waals surface area contributed by atoms with E-state index >= 15 is 0 Å². The highest BCUT2D eigenvalue weighted by Gasteiger charge is 2.18. The van der Waals surface area contributed by atoms with Crippen LogP contribution in [0.1, 0.15) is 26.3 Å². The molecule has 0 atom stereocenters. The van der Waals surface area contributed by atoms with Crippen LogP contribution in [0.15, 0.2) is 71.2 Å². The van der Waals surface area contributed by atoms with Crippen molar-refractivity contribution in [3.8, 4) is 17.2 Å². The van der Waals surface area contributed by atoms with E-state index in [2.05, 4.69) is 15.9 Å². The van der Waals surface area contributed by atoms with Crippen LogP contribution < -0.4 is 14.2 Å². The van der Waals surface area contributed by atoms with E-state index in [0.717, 1.165) is 10.0 Å². The fourth-order valence-electron chi connectivity index (χ4n) is 2.71. The highest BCUT2D eigenvalue weighted by molar-refractivity contribution is 9.10. The lowest BCUT2D eigenvalue weighted by Gasteiger charge is -2.13. The number of ether oxygens (including phenoxy) is 3. The van der Waals surface area contributed by atoms with Crippen molar-refractivity contribution in [2.24, 2.45) is 0 Å². The second kappa shape index (κ2) is 9.89. The van der Waals surface area contributed by atoms with Gasteiger partial charge in [-0.2, -0.15) is 0 Å². The maximum atomic E-state index is 12.8. The Bertz CT molecular complexity index is 1000. The summed E-state index contributed by atoms with van der Waals surface area (Å²) in [7, 11) is 1.44. The Morgan fingerprint density at radius 3 is 2.45 bits per heavy atom. The second-order valence-electron chi connectivity index (χ2n) is 6.14. The third kappa shape index (κ3) is 5.45. The van der Waals surface area contributed by atoms with E-state index in [4.69, 9.17) is 14.2 Å². The summed E-state index contributed by atoms with van der Waals surface area (Å²) < 4.78 is 17.3. The molecule has 0 spiro atoms. The van der Waals surface area contributed by atoms with Crippen molar-refractivity contribution < 1.29 is 23.8 Å². The van der Waals surface area contributed by atoms with Crippen molar-refractivity contribution in [1.29, 1.82) is 0 Å². The summed E-state index contributed by atoms with van der Waals surface area (Å²) in [6.07, 6.45) is 1.41. The Hall–Kier alpha value is -3.12. The molecule has 0 amide bonds. The van der Waals surface area contributed by atoms with Gasteiger partial charge in [-0.1, -0.05) is 46.3 Å². The average molecular weight is 455 g/mol. The first-order valence-corrected chi connectivity index (χ1v) is 9.71. The number of rotatable bonds is 8. The fourth-order valence-corrected chi connectivity index (χ4v) is 3.07. The molecule has 3 rings (SSSR count). The van der Waals surface area contributed by atoms with Gasteiger partial charge in [0.2, 0.25) is 0 Å². The van der Waals surface area contributed by atoms with E-state index in [1.807, 2.05) is 30.3 Å². The van der Waals surface area contributed by atoms with Gasteiger partial charge in [0.05, 0.1) is 13.7 Å². The molecule has 148 valence electrons. The fraction of sp³-hybridized carbons (Fsp3) is 0.130. The highest BCUT2D eigenvalue weighted by atomic mass is 79.9. The molecule has 0 N–H and O–H groups in total. The maximum Gasteiger partial charge on any atom is 0.347 e. The molecular formula is C23H19BrO5. The Morgan fingerprint density at radius 1 is 0.966 bits per heavy atom. The molecule has 3 aromatic rings. The number of carbonyl (C=O) groups is 2. The molecule has 29 heavy (non-hydrogen) atoms. The number of aldehydes is 1. The van der Waals surface area contributed by atoms with Crippen molar-refractivity contribution in [3.05, 3.63) is 87.9 Å². The molecule has 0 saturated carbocycles. The van der Waals surface area contributed by atoms with Gasteiger partial charge in [-0.25, -0.2) is 4.79 Å². The Kier molecular flexibility index (Phi) is 7.03. The summed E-state index contributed by atoms with van der Waals surface area (Å²) in [4.78, 5) is 23.7. The van der Waals surface area contributed by atoms with Crippen LogP contribution in [0.4, 0.5) is 0 Å². The summed E-state index contributed by atoms with van der Waals surface area (Å²) in [5.41, 5.74) is 1.86. The lowest BCUT2D eigenvalue weighted by atomic mass is 10.1. The first kappa shape index (κ1) is 20.6. The van der Waals surface area contributed by atoms with Crippen LogP contribution in [0.25, 0.3) is 0 Å². The standard InChI is InChI=1S/C23H19BrO5/c1-27-22-13-17(15-25)7-9-21(22)29-23(26)19-14-18(24)8-10-20(19)28-12-11-16-5-3-2-4-6-16/h2-10,13-15H,11-12H2,1H3. The smallest absolute Gasteiger partial charge is 0.347 e. The largest absolute Gasteiger partial charge is 0.493 e. The van der Waals surface area contributed by atoms with E-state index in [0.29, 0.717) is 36.4 Å². The number of esters is 1. The lowest BCUT2D eigenvalue weighted by molar-refractivity contribution is 0.0725. The normalized spacial score (nSPS) is 10.3. The molecule has 0 aliphatic heterocycles. The number of hydrogen-bond donors (Lipinski definition) is 0. The van der Waals surface area contributed by atoms with Gasteiger partial charge in [0, 0.05) is 16.5 Å². The molecule has 0 aliphatic rings. The predicted octanol–water partition coefficient (Wildman–Crippen LogP) is 5.11. The monoisotopic (exact) mass is 454 g/mol. The number of carbonyl (C=O) groups excluding carboxylic acids is 2. The van der Waals surface area contributed by atoms with Gasteiger partial charge in [0.15, 0.2) is 11.5 Å². The zero-order valence-corrected chi connectivity index (χ0v) is 17.3. The van der Waals surface area contributed by atoms with Crippen LogP contribution in [0.2, 0.25) is 0 Å². The van der Waals surface area contributed by atoms with Crippen molar-refractivity contribution in [1.82, 2.24) is 0 Å². The second-order valence-corrected chi connectivity index (χ2v) is 7.06. The quantitative estimate of drug-likeness (QED) is 0.268. The van der Waals surface area contributed by atoms with E-state index < -0.39 is 5.97 Å². The summed E-state index contributed by atoms with van der Waals surface area (Å²) in [5, 5.41) is 0. The minimum atomic E-state index is -0.585. The van der Waals surface area contributed by atoms with Crippen molar-refractivity contribution >= 4 is 28.2 Å². The minimum absolute atomic E-state index is 0.221. The van der Waals surface area contributed by atoms with Crippen molar-refractivity contribution in [2.75, 3.05) is 13.7 Å². The Balaban J connectivity index is 1.76. The molecule has 0 bridgehead atoms. The Labute approximate surface area is 177 Å². The van der Waals surface area contributed by atoms with E-state index in [-0.39, 0.29) is 11.3 Å². The van der Waals surface area contributed by atoms with Gasteiger partial charge < -0.3 is 14.2 Å². The van der Waals surface area contributed by atoms with Crippen LogP contribution >= 0.6 is 15.9 Å². The first-order valence-electron chi connectivity index (χ1n) is 8.92. The molecule has 3 aromatic carbocycles. The molecule has 0 aromatic heterocycles. The molecule has 0 fully saturated rings. The summed E-state index contributed by atoms with van der Waals surface area (Å²) in [6, 6.07) is 19.7. The van der Waals surface area contributed by atoms with Crippen LogP contribution in [-0.2, 0) is 6.42 Å².